The monoisotopic (exact) mass is 334 g/mol. The zero-order chi connectivity index (χ0) is 13.3. The van der Waals surface area contributed by atoms with Gasteiger partial charge in [0.15, 0.2) is 0 Å². The van der Waals surface area contributed by atoms with Crippen molar-refractivity contribution in [2.45, 2.75) is 25.4 Å². The van der Waals surface area contributed by atoms with E-state index in [1.807, 2.05) is 4.90 Å². The van der Waals surface area contributed by atoms with Gasteiger partial charge in [0.05, 0.1) is 15.5 Å². The first-order valence-electron chi connectivity index (χ1n) is 5.66. The fraction of sp³-hybridized carbons (Fsp3) is 0.417. The molecule has 2 nitrogen and oxygen atoms in total. The Bertz CT molecular complexity index is 481. The number of hydrogen-bond acceptors (Lipinski definition) is 2. The Morgan fingerprint density at radius 2 is 2.22 bits per heavy atom. The van der Waals surface area contributed by atoms with Crippen molar-refractivity contribution in [2.24, 2.45) is 5.73 Å². The van der Waals surface area contributed by atoms with E-state index in [1.165, 1.54) is 12.1 Å². The van der Waals surface area contributed by atoms with Gasteiger partial charge in [-0.25, -0.2) is 8.78 Å². The van der Waals surface area contributed by atoms with Crippen molar-refractivity contribution >= 4 is 33.1 Å². The van der Waals surface area contributed by atoms with Gasteiger partial charge in [0.25, 0.3) is 0 Å². The quantitative estimate of drug-likeness (QED) is 0.680. The second kappa shape index (κ2) is 5.59. The molecular weight excluding hydrogens is 322 g/mol. The highest BCUT2D eigenvalue weighted by Gasteiger charge is 2.28. The molecule has 1 aliphatic rings. The summed E-state index contributed by atoms with van der Waals surface area (Å²) in [5.41, 5.74) is 5.70. The van der Waals surface area contributed by atoms with Crippen LogP contribution in [-0.2, 0) is 6.54 Å². The summed E-state index contributed by atoms with van der Waals surface area (Å²) in [5.74, 6) is -1.09. The number of likely N-dealkylation sites (tertiary alicyclic amines) is 1. The number of nitrogens with two attached hydrogens (primary N) is 1. The minimum absolute atomic E-state index is 0.0576. The van der Waals surface area contributed by atoms with Crippen molar-refractivity contribution < 1.29 is 8.78 Å². The topological polar surface area (TPSA) is 29.3 Å². The molecule has 1 fully saturated rings. The first-order chi connectivity index (χ1) is 8.50. The van der Waals surface area contributed by atoms with Crippen molar-refractivity contribution in [3.8, 4) is 0 Å². The third kappa shape index (κ3) is 2.70. The molecule has 0 amide bonds. The highest BCUT2D eigenvalue weighted by atomic mass is 79.9. The fourth-order valence-corrected chi connectivity index (χ4v) is 2.89. The van der Waals surface area contributed by atoms with Crippen molar-refractivity contribution in [3.05, 3.63) is 33.8 Å². The van der Waals surface area contributed by atoms with Crippen LogP contribution in [0.15, 0.2) is 16.6 Å². The molecule has 0 radical (unpaired) electrons. The molecule has 0 aromatic heterocycles. The lowest BCUT2D eigenvalue weighted by molar-refractivity contribution is 0.285. The molecule has 0 bridgehead atoms. The largest absolute Gasteiger partial charge is 0.392 e. The summed E-state index contributed by atoms with van der Waals surface area (Å²) < 4.78 is 27.8. The molecule has 0 saturated carbocycles. The molecule has 1 aromatic carbocycles. The minimum Gasteiger partial charge on any atom is -0.392 e. The molecule has 1 unspecified atom stereocenters. The van der Waals surface area contributed by atoms with Gasteiger partial charge in [-0.15, -0.1) is 0 Å². The van der Waals surface area contributed by atoms with E-state index >= 15 is 0 Å². The summed E-state index contributed by atoms with van der Waals surface area (Å²) in [4.78, 5) is 2.32. The van der Waals surface area contributed by atoms with Crippen LogP contribution in [0.5, 0.6) is 0 Å². The van der Waals surface area contributed by atoms with E-state index < -0.39 is 11.6 Å². The fourth-order valence-electron chi connectivity index (χ4n) is 2.25. The molecule has 1 aromatic rings. The van der Waals surface area contributed by atoms with E-state index in [-0.39, 0.29) is 22.6 Å². The van der Waals surface area contributed by atoms with Crippen molar-refractivity contribution in [1.82, 2.24) is 4.90 Å². The van der Waals surface area contributed by atoms with Gasteiger partial charge >= 0.3 is 0 Å². The van der Waals surface area contributed by atoms with Crippen molar-refractivity contribution in [2.75, 3.05) is 6.54 Å². The van der Waals surface area contributed by atoms with Gasteiger partial charge in [0.1, 0.15) is 11.6 Å². The summed E-state index contributed by atoms with van der Waals surface area (Å²) in [6.45, 7) is 0.951. The van der Waals surface area contributed by atoms with Gasteiger partial charge in [-0.3, -0.25) is 4.90 Å². The molecule has 98 valence electrons. The van der Waals surface area contributed by atoms with Gasteiger partial charge in [-0.1, -0.05) is 12.2 Å². The third-order valence-corrected chi connectivity index (χ3v) is 4.08. The maximum absolute atomic E-state index is 13.9. The van der Waals surface area contributed by atoms with E-state index in [1.54, 1.807) is 0 Å². The predicted octanol–water partition coefficient (Wildman–Crippen LogP) is 2.98. The summed E-state index contributed by atoms with van der Waals surface area (Å²) in [5, 5.41) is 0. The van der Waals surface area contributed by atoms with Crippen LogP contribution in [0.4, 0.5) is 8.78 Å². The van der Waals surface area contributed by atoms with Crippen LogP contribution in [-0.4, -0.2) is 22.5 Å². The maximum atomic E-state index is 13.9. The highest BCUT2D eigenvalue weighted by Crippen LogP contribution is 2.26. The Kier molecular flexibility index (Phi) is 4.29. The first-order valence-corrected chi connectivity index (χ1v) is 6.86. The van der Waals surface area contributed by atoms with Crippen LogP contribution >= 0.6 is 28.1 Å². The number of benzene rings is 1. The minimum atomic E-state index is -0.552. The molecule has 1 aliphatic heterocycles. The molecular formula is C12H13BrF2N2S. The summed E-state index contributed by atoms with van der Waals surface area (Å²) >= 11 is 8.04. The van der Waals surface area contributed by atoms with Crippen LogP contribution in [0.3, 0.4) is 0 Å². The predicted molar refractivity (Wildman–Crippen MR) is 74.3 cm³/mol. The molecule has 1 saturated heterocycles. The lowest BCUT2D eigenvalue weighted by atomic mass is 10.1. The second-order valence-electron chi connectivity index (χ2n) is 4.35. The second-order valence-corrected chi connectivity index (χ2v) is 5.68. The van der Waals surface area contributed by atoms with Gasteiger partial charge in [-0.05, 0) is 47.4 Å². The first kappa shape index (κ1) is 13.8. The lowest BCUT2D eigenvalue weighted by Gasteiger charge is -2.24. The van der Waals surface area contributed by atoms with E-state index in [9.17, 15) is 8.78 Å². The van der Waals surface area contributed by atoms with Crippen molar-refractivity contribution in [3.63, 3.8) is 0 Å². The Labute approximate surface area is 118 Å². The van der Waals surface area contributed by atoms with Crippen LogP contribution in [0, 0.1) is 11.6 Å². The Balaban J connectivity index is 2.24. The maximum Gasteiger partial charge on any atom is 0.144 e. The number of rotatable bonds is 3. The van der Waals surface area contributed by atoms with Crippen molar-refractivity contribution in [1.29, 1.82) is 0 Å². The van der Waals surface area contributed by atoms with Crippen LogP contribution in [0.25, 0.3) is 0 Å². The SMILES string of the molecule is NC(=S)C1CCCN1Cc1c(F)ccc(Br)c1F. The molecule has 6 heteroatoms. The van der Waals surface area contributed by atoms with E-state index in [4.69, 9.17) is 18.0 Å². The standard InChI is InChI=1S/C12H13BrF2N2S/c13-8-3-4-9(14)7(11(8)15)6-17-5-1-2-10(17)12(16)18/h3-4,10H,1-2,5-6H2,(H2,16,18). The summed E-state index contributed by atoms with van der Waals surface area (Å²) in [6.07, 6.45) is 1.80. The van der Waals surface area contributed by atoms with E-state index in [2.05, 4.69) is 15.9 Å². The molecule has 1 atom stereocenters. The molecule has 18 heavy (non-hydrogen) atoms. The Hall–Kier alpha value is -0.590. The van der Waals surface area contributed by atoms with Gasteiger partial charge in [0.2, 0.25) is 0 Å². The summed E-state index contributed by atoms with van der Waals surface area (Å²) in [7, 11) is 0. The van der Waals surface area contributed by atoms with Gasteiger partial charge in [0, 0.05) is 12.1 Å². The molecule has 0 aliphatic carbocycles. The molecule has 0 spiro atoms. The Morgan fingerprint density at radius 3 is 2.89 bits per heavy atom. The van der Waals surface area contributed by atoms with Crippen LogP contribution in [0.1, 0.15) is 18.4 Å². The number of thiocarbonyl (C=S) groups is 1. The van der Waals surface area contributed by atoms with E-state index in [0.29, 0.717) is 4.99 Å². The van der Waals surface area contributed by atoms with Gasteiger partial charge in [-0.2, -0.15) is 0 Å². The number of halogens is 3. The molecule has 1 heterocycles. The number of hydrogen-bond donors (Lipinski definition) is 1. The zero-order valence-electron chi connectivity index (χ0n) is 9.63. The zero-order valence-corrected chi connectivity index (χ0v) is 12.0. The third-order valence-electron chi connectivity index (χ3n) is 3.19. The molecule has 2 rings (SSSR count). The van der Waals surface area contributed by atoms with E-state index in [0.717, 1.165) is 19.4 Å². The summed E-state index contributed by atoms with van der Waals surface area (Å²) in [6, 6.07) is 2.56. The van der Waals surface area contributed by atoms with Crippen LogP contribution in [0.2, 0.25) is 0 Å². The lowest BCUT2D eigenvalue weighted by Crippen LogP contribution is -2.39. The average molecular weight is 335 g/mol. The average Bonchev–Trinajstić information content (AvgIpc) is 2.78. The van der Waals surface area contributed by atoms with Gasteiger partial charge < -0.3 is 5.73 Å². The Morgan fingerprint density at radius 1 is 1.50 bits per heavy atom. The molecule has 2 N–H and O–H groups in total. The highest BCUT2D eigenvalue weighted by molar-refractivity contribution is 9.10. The smallest absolute Gasteiger partial charge is 0.144 e. The number of nitrogens with zero attached hydrogens (tertiary/aromatic N) is 1. The normalized spacial score (nSPS) is 20.3. The van der Waals surface area contributed by atoms with Crippen LogP contribution < -0.4 is 5.73 Å².